The fraction of sp³-hybridized carbons (Fsp3) is 0.690. The highest BCUT2D eigenvalue weighted by Crippen LogP contribution is 2.45. The number of phosphoric acid groups is 2. The van der Waals surface area contributed by atoms with Crippen molar-refractivity contribution >= 4 is 33.6 Å². The van der Waals surface area contributed by atoms with Crippen molar-refractivity contribution in [3.63, 3.8) is 0 Å². The number of hydrogen-bond donors (Lipinski definition) is 4. The number of ether oxygens (including phenoxy) is 3. The van der Waals surface area contributed by atoms with E-state index in [1.807, 2.05) is 0 Å². The molecule has 0 amide bonds. The second-order valence-electron chi connectivity index (χ2n) is 27.2. The molecule has 5 unspecified atom stereocenters. The van der Waals surface area contributed by atoms with E-state index in [2.05, 4.69) is 167 Å². The van der Waals surface area contributed by atoms with Crippen LogP contribution >= 0.6 is 15.6 Å². The van der Waals surface area contributed by atoms with E-state index in [0.717, 1.165) is 186 Å². The predicted octanol–water partition coefficient (Wildman–Crippen LogP) is 24.4. The summed E-state index contributed by atoms with van der Waals surface area (Å²) in [5, 5.41) is 20.7. The van der Waals surface area contributed by atoms with E-state index in [1.165, 1.54) is 83.5 Å². The van der Waals surface area contributed by atoms with Gasteiger partial charge in [0.25, 0.3) is 0 Å². The molecule has 0 spiro atoms. The zero-order valence-electron chi connectivity index (χ0n) is 65.9. The van der Waals surface area contributed by atoms with E-state index in [1.54, 1.807) is 0 Å². The van der Waals surface area contributed by atoms with Crippen molar-refractivity contribution in [3.8, 4) is 0 Å². The minimum Gasteiger partial charge on any atom is -0.463 e. The number of aliphatic hydroxyl groups excluding tert-OH is 2. The molecule has 0 aliphatic carbocycles. The standard InChI is InChI=1S/C87H148O16P2/c1-4-7-10-13-16-19-22-25-28-31-33-35-37-38-39-40-41-42-44-46-47-50-52-55-58-61-64-67-70-73-85(90)97-76-82(88)77-99-104(93,94)100-78-83(89)79-101-105(95,96)102-81-84(103-87(92)75-72-69-66-63-60-57-54-49-30-27-24-21-18-15-12-9-6-3)80-98-86(91)74-71-68-65-62-59-56-53-51-48-45-43-36-34-32-29-26-23-20-17-14-11-8-5-2/h7,9-10,12,16-21,25-30,33-36,38-39,45,48,82-84,88-89H,4-6,8,11,13-15,22-24,31-32,37,40-44,46-47,49-81H2,1-3H3,(H,93,94)(H,95,96)/b10-7-,12-9-,19-16-,20-17-,21-18-,28-25-,29-26-,30-27-,35-33-,36-34-,39-38-,48-45-. The number of aliphatic hydroxyl groups is 2. The molecule has 16 nitrogen and oxygen atoms in total. The zero-order chi connectivity index (χ0) is 76.6. The Morgan fingerprint density at radius 1 is 0.276 bits per heavy atom. The first-order valence-electron chi connectivity index (χ1n) is 41.1. The number of carbonyl (C=O) groups excluding carboxylic acids is 3. The van der Waals surface area contributed by atoms with Crippen LogP contribution in [0.3, 0.4) is 0 Å². The van der Waals surface area contributed by atoms with Crippen LogP contribution < -0.4 is 0 Å². The molecule has 0 aliphatic heterocycles. The lowest BCUT2D eigenvalue weighted by molar-refractivity contribution is -0.161. The number of rotatable bonds is 77. The molecule has 18 heteroatoms. The number of unbranched alkanes of at least 4 members (excludes halogenated alkanes) is 30. The number of phosphoric ester groups is 2. The summed E-state index contributed by atoms with van der Waals surface area (Å²) in [4.78, 5) is 58.8. The van der Waals surface area contributed by atoms with Crippen molar-refractivity contribution in [2.75, 3.05) is 39.6 Å². The van der Waals surface area contributed by atoms with Crippen LogP contribution in [0.25, 0.3) is 0 Å². The Bertz CT molecular complexity index is 2490. The molecule has 0 fully saturated rings. The molecule has 5 atom stereocenters. The quantitative estimate of drug-likeness (QED) is 0.0146. The number of hydrogen-bond acceptors (Lipinski definition) is 14. The van der Waals surface area contributed by atoms with Crippen molar-refractivity contribution in [2.45, 2.75) is 347 Å². The van der Waals surface area contributed by atoms with Crippen molar-refractivity contribution in [1.29, 1.82) is 0 Å². The fourth-order valence-corrected chi connectivity index (χ4v) is 12.4. The van der Waals surface area contributed by atoms with Crippen molar-refractivity contribution < 1.29 is 75.8 Å². The largest absolute Gasteiger partial charge is 0.472 e. The Morgan fingerprint density at radius 2 is 0.505 bits per heavy atom. The molecule has 0 aromatic heterocycles. The fourth-order valence-electron chi connectivity index (χ4n) is 10.8. The molecule has 105 heavy (non-hydrogen) atoms. The summed E-state index contributed by atoms with van der Waals surface area (Å²) in [7, 11) is -9.80. The molecule has 0 aromatic rings. The van der Waals surface area contributed by atoms with Crippen molar-refractivity contribution in [1.82, 2.24) is 0 Å². The molecule has 0 saturated heterocycles. The third kappa shape index (κ3) is 80.3. The van der Waals surface area contributed by atoms with Crippen LogP contribution in [0.2, 0.25) is 0 Å². The summed E-state index contributed by atoms with van der Waals surface area (Å²) in [6, 6.07) is 0. The van der Waals surface area contributed by atoms with Crippen LogP contribution in [0, 0.1) is 0 Å². The molecule has 0 bridgehead atoms. The van der Waals surface area contributed by atoms with Crippen LogP contribution in [0.4, 0.5) is 0 Å². The molecule has 0 saturated carbocycles. The lowest BCUT2D eigenvalue weighted by atomic mass is 10.0. The van der Waals surface area contributed by atoms with E-state index < -0.39 is 91.5 Å². The average Bonchev–Trinajstić information content (AvgIpc) is 0.941. The summed E-state index contributed by atoms with van der Waals surface area (Å²) >= 11 is 0. The Kier molecular flexibility index (Phi) is 75.6. The molecule has 0 rings (SSSR count). The Morgan fingerprint density at radius 3 is 0.800 bits per heavy atom. The summed E-state index contributed by atoms with van der Waals surface area (Å²) in [6.07, 6.45) is 97.4. The number of esters is 3. The third-order valence-corrected chi connectivity index (χ3v) is 18.9. The molecule has 602 valence electrons. The SMILES string of the molecule is CC/C=C\C/C=C\C/C=C\C/C=C\C/C=C\CCCCCCCCCCCCCCCC(=O)OCC(O)COP(=O)(O)OCC(O)COP(=O)(O)OCC(COC(=O)CCCCCCCCC/C=C\C/C=C\C/C=C\C/C=C\CCCCC)OC(=O)CCCCCCCCC/C=C\C/C=C\C/C=C\CC. The summed E-state index contributed by atoms with van der Waals surface area (Å²) in [6.45, 7) is 2.42. The van der Waals surface area contributed by atoms with E-state index in [0.29, 0.717) is 19.3 Å². The van der Waals surface area contributed by atoms with Gasteiger partial charge in [0, 0.05) is 19.3 Å². The van der Waals surface area contributed by atoms with E-state index in [4.69, 9.17) is 32.3 Å². The highest BCUT2D eigenvalue weighted by atomic mass is 31.2. The van der Waals surface area contributed by atoms with Gasteiger partial charge in [-0.05, 0) is 141 Å². The van der Waals surface area contributed by atoms with Gasteiger partial charge in [-0.1, -0.05) is 314 Å². The van der Waals surface area contributed by atoms with Gasteiger partial charge in [0.1, 0.15) is 25.4 Å². The number of carbonyl (C=O) groups is 3. The maximum atomic E-state index is 13.0. The van der Waals surface area contributed by atoms with Crippen LogP contribution in [0.5, 0.6) is 0 Å². The van der Waals surface area contributed by atoms with Gasteiger partial charge < -0.3 is 34.2 Å². The van der Waals surface area contributed by atoms with Crippen LogP contribution in [-0.2, 0) is 55.8 Å². The lowest BCUT2D eigenvalue weighted by Crippen LogP contribution is -2.30. The molecule has 0 radical (unpaired) electrons. The van der Waals surface area contributed by atoms with Gasteiger partial charge in [-0.3, -0.25) is 32.5 Å². The predicted molar refractivity (Wildman–Crippen MR) is 436 cm³/mol. The molecular formula is C87H148O16P2. The normalized spacial score (nSPS) is 14.7. The third-order valence-electron chi connectivity index (χ3n) is 17.0. The van der Waals surface area contributed by atoms with Crippen molar-refractivity contribution in [3.05, 3.63) is 146 Å². The number of allylic oxidation sites excluding steroid dienone is 24. The highest BCUT2D eigenvalue weighted by molar-refractivity contribution is 7.47. The highest BCUT2D eigenvalue weighted by Gasteiger charge is 2.29. The van der Waals surface area contributed by atoms with Gasteiger partial charge in [0.05, 0.1) is 26.4 Å². The molecule has 0 aromatic carbocycles. The maximum absolute atomic E-state index is 13.0. The summed E-state index contributed by atoms with van der Waals surface area (Å²) < 4.78 is 61.2. The van der Waals surface area contributed by atoms with Crippen LogP contribution in [-0.4, -0.2) is 95.9 Å². The lowest BCUT2D eigenvalue weighted by Gasteiger charge is -2.21. The minimum atomic E-state index is -4.94. The van der Waals surface area contributed by atoms with Crippen LogP contribution in [0.15, 0.2) is 146 Å². The molecule has 4 N–H and O–H groups in total. The molecule has 0 aliphatic rings. The smallest absolute Gasteiger partial charge is 0.463 e. The summed E-state index contributed by atoms with van der Waals surface area (Å²) in [5.74, 6) is -1.60. The van der Waals surface area contributed by atoms with Gasteiger partial charge in [-0.25, -0.2) is 9.13 Å². The van der Waals surface area contributed by atoms with E-state index in [9.17, 15) is 43.5 Å². The van der Waals surface area contributed by atoms with Crippen LogP contribution in [0.1, 0.15) is 329 Å². The first-order chi connectivity index (χ1) is 51.2. The van der Waals surface area contributed by atoms with E-state index in [-0.39, 0.29) is 19.3 Å². The second-order valence-corrected chi connectivity index (χ2v) is 30.1. The van der Waals surface area contributed by atoms with E-state index >= 15 is 0 Å². The summed E-state index contributed by atoms with van der Waals surface area (Å²) in [5.41, 5.74) is 0. The maximum Gasteiger partial charge on any atom is 0.472 e. The van der Waals surface area contributed by atoms with Gasteiger partial charge in [-0.2, -0.15) is 0 Å². The van der Waals surface area contributed by atoms with Gasteiger partial charge in [0.15, 0.2) is 6.10 Å². The average molecular weight is 1510 g/mol. The monoisotopic (exact) mass is 1510 g/mol. The van der Waals surface area contributed by atoms with Gasteiger partial charge in [0.2, 0.25) is 0 Å². The zero-order valence-corrected chi connectivity index (χ0v) is 67.6. The minimum absolute atomic E-state index is 0.0875. The Balaban J connectivity index is 4.58. The Hall–Kier alpha value is -4.57. The van der Waals surface area contributed by atoms with Gasteiger partial charge >= 0.3 is 33.6 Å². The Labute approximate surface area is 638 Å². The molecule has 0 heterocycles. The first-order valence-corrected chi connectivity index (χ1v) is 44.1. The molecular weight excluding hydrogens is 1360 g/mol. The van der Waals surface area contributed by atoms with Gasteiger partial charge in [-0.15, -0.1) is 0 Å². The van der Waals surface area contributed by atoms with Crippen molar-refractivity contribution in [2.24, 2.45) is 0 Å². The first kappa shape index (κ1) is 100. The second kappa shape index (κ2) is 79.0. The topological polar surface area (TPSA) is 231 Å².